The van der Waals surface area contributed by atoms with Gasteiger partial charge >= 0.3 is 0 Å². The number of nitrogens with two attached hydrogens (primary N) is 1. The van der Waals surface area contributed by atoms with Crippen molar-refractivity contribution in [3.63, 3.8) is 0 Å². The van der Waals surface area contributed by atoms with Crippen LogP contribution in [0.1, 0.15) is 12.8 Å². The third-order valence-electron chi connectivity index (χ3n) is 2.14. The number of nitrogens with zero attached hydrogens (tertiary/aromatic N) is 1. The van der Waals surface area contributed by atoms with Crippen LogP contribution < -0.4 is 16.4 Å². The van der Waals surface area contributed by atoms with Crippen molar-refractivity contribution in [2.24, 2.45) is 0 Å². The van der Waals surface area contributed by atoms with Crippen molar-refractivity contribution in [1.29, 1.82) is 0 Å². The highest BCUT2D eigenvalue weighted by Crippen LogP contribution is 2.18. The van der Waals surface area contributed by atoms with E-state index in [1.54, 1.807) is 6.07 Å². The van der Waals surface area contributed by atoms with E-state index in [2.05, 4.69) is 15.0 Å². The molecule has 0 saturated carbocycles. The molecular formula is C8H12N4OS. The Labute approximate surface area is 85.9 Å². The van der Waals surface area contributed by atoms with Crippen LogP contribution in [0.5, 0.6) is 0 Å². The normalized spacial score (nSPS) is 20.9. The van der Waals surface area contributed by atoms with Crippen molar-refractivity contribution in [3.8, 4) is 0 Å². The molecule has 1 amide bonds. The largest absolute Gasteiger partial charge is 0.383 e. The molecule has 1 atom stereocenters. The Morgan fingerprint density at radius 3 is 3.21 bits per heavy atom. The minimum absolute atomic E-state index is 0.139. The van der Waals surface area contributed by atoms with Gasteiger partial charge in [-0.25, -0.2) is 0 Å². The lowest BCUT2D eigenvalue weighted by Gasteiger charge is -2.09. The Hall–Kier alpha value is -1.30. The number of amides is 1. The van der Waals surface area contributed by atoms with E-state index in [9.17, 15) is 4.79 Å². The first-order valence-corrected chi connectivity index (χ1v) is 5.27. The van der Waals surface area contributed by atoms with E-state index in [1.807, 2.05) is 0 Å². The maximum Gasteiger partial charge on any atom is 0.220 e. The maximum atomic E-state index is 10.9. The van der Waals surface area contributed by atoms with Crippen molar-refractivity contribution in [2.45, 2.75) is 18.9 Å². The summed E-state index contributed by atoms with van der Waals surface area (Å²) in [4.78, 5) is 10.9. The molecular weight excluding hydrogens is 200 g/mol. The summed E-state index contributed by atoms with van der Waals surface area (Å²) in [5.41, 5.74) is 5.47. The molecule has 76 valence electrons. The molecule has 6 heteroatoms. The number of carbonyl (C=O) groups excluding carboxylic acids is 1. The number of hydrogen-bond donors (Lipinski definition) is 3. The van der Waals surface area contributed by atoms with E-state index in [0.717, 1.165) is 18.0 Å². The number of nitrogen functional groups attached to an aromatic ring is 1. The average molecular weight is 212 g/mol. The van der Waals surface area contributed by atoms with Gasteiger partial charge in [0.15, 0.2) is 0 Å². The van der Waals surface area contributed by atoms with Crippen LogP contribution in [0.25, 0.3) is 0 Å². The molecule has 1 fully saturated rings. The molecule has 4 N–H and O–H groups in total. The van der Waals surface area contributed by atoms with E-state index in [0.29, 0.717) is 12.2 Å². The summed E-state index contributed by atoms with van der Waals surface area (Å²) in [5, 5.41) is 7.02. The van der Waals surface area contributed by atoms with Gasteiger partial charge in [-0.15, -0.1) is 0 Å². The van der Waals surface area contributed by atoms with Crippen LogP contribution in [-0.2, 0) is 4.79 Å². The lowest BCUT2D eigenvalue weighted by Crippen LogP contribution is -2.31. The average Bonchev–Trinajstić information content (AvgIpc) is 2.72. The lowest BCUT2D eigenvalue weighted by atomic mass is 10.2. The van der Waals surface area contributed by atoms with E-state index in [-0.39, 0.29) is 11.9 Å². The van der Waals surface area contributed by atoms with E-state index in [1.165, 1.54) is 11.5 Å². The third-order valence-corrected chi connectivity index (χ3v) is 2.90. The van der Waals surface area contributed by atoms with Crippen molar-refractivity contribution in [2.75, 3.05) is 17.6 Å². The van der Waals surface area contributed by atoms with Gasteiger partial charge in [0.05, 0.1) is 0 Å². The highest BCUT2D eigenvalue weighted by molar-refractivity contribution is 7.10. The summed E-state index contributed by atoms with van der Waals surface area (Å²) in [6.45, 7) is 0.743. The summed E-state index contributed by atoms with van der Waals surface area (Å²) in [5.74, 6) is 0.675. The molecule has 0 spiro atoms. The van der Waals surface area contributed by atoms with Gasteiger partial charge in [-0.2, -0.15) is 4.37 Å². The number of aromatic nitrogens is 1. The van der Waals surface area contributed by atoms with Gasteiger partial charge < -0.3 is 16.4 Å². The summed E-state index contributed by atoms with van der Waals surface area (Å²) >= 11 is 1.33. The number of nitrogens with one attached hydrogen (secondary N) is 2. The lowest BCUT2D eigenvalue weighted by molar-refractivity contribution is -0.119. The first-order valence-electron chi connectivity index (χ1n) is 4.49. The molecule has 1 aromatic heterocycles. The fourth-order valence-corrected chi connectivity index (χ4v) is 2.00. The van der Waals surface area contributed by atoms with Gasteiger partial charge in [-0.1, -0.05) is 0 Å². The number of carbonyl (C=O) groups is 1. The van der Waals surface area contributed by atoms with Gasteiger partial charge in [-0.05, 0) is 18.0 Å². The third kappa shape index (κ3) is 2.14. The molecule has 0 aliphatic carbocycles. The minimum Gasteiger partial charge on any atom is -0.383 e. The van der Waals surface area contributed by atoms with E-state index >= 15 is 0 Å². The highest BCUT2D eigenvalue weighted by Gasteiger charge is 2.20. The zero-order chi connectivity index (χ0) is 9.97. The topological polar surface area (TPSA) is 80.0 Å². The summed E-state index contributed by atoms with van der Waals surface area (Å²) < 4.78 is 3.95. The van der Waals surface area contributed by atoms with Crippen LogP contribution in [0.4, 0.5) is 10.8 Å². The number of hydrogen-bond acceptors (Lipinski definition) is 5. The second kappa shape index (κ2) is 3.83. The second-order valence-electron chi connectivity index (χ2n) is 3.30. The van der Waals surface area contributed by atoms with Crippen molar-refractivity contribution in [1.82, 2.24) is 9.69 Å². The van der Waals surface area contributed by atoms with Gasteiger partial charge in [0.2, 0.25) is 5.91 Å². The molecule has 1 aliphatic rings. The molecule has 0 radical (unpaired) electrons. The molecule has 14 heavy (non-hydrogen) atoms. The fraction of sp³-hybridized carbons (Fsp3) is 0.500. The Bertz CT molecular complexity index is 338. The van der Waals surface area contributed by atoms with Crippen molar-refractivity contribution in [3.05, 3.63) is 6.07 Å². The van der Waals surface area contributed by atoms with Crippen LogP contribution in [0.3, 0.4) is 0 Å². The van der Waals surface area contributed by atoms with Gasteiger partial charge in [0.1, 0.15) is 10.8 Å². The summed E-state index contributed by atoms with van der Waals surface area (Å²) in [6, 6.07) is 2.03. The monoisotopic (exact) mass is 212 g/mol. The first-order chi connectivity index (χ1) is 6.74. The van der Waals surface area contributed by atoms with E-state index < -0.39 is 0 Å². The Balaban J connectivity index is 1.80. The molecule has 0 bridgehead atoms. The predicted octanol–water partition coefficient (Wildman–Crippen LogP) is 0.416. The molecule has 2 rings (SSSR count). The summed E-state index contributed by atoms with van der Waals surface area (Å²) in [7, 11) is 0. The minimum atomic E-state index is 0.139. The quantitative estimate of drug-likeness (QED) is 0.678. The molecule has 1 aliphatic heterocycles. The highest BCUT2D eigenvalue weighted by atomic mass is 32.1. The maximum absolute atomic E-state index is 10.9. The molecule has 1 saturated heterocycles. The molecule has 2 heterocycles. The predicted molar refractivity (Wildman–Crippen MR) is 56.2 cm³/mol. The van der Waals surface area contributed by atoms with E-state index in [4.69, 9.17) is 5.73 Å². The smallest absolute Gasteiger partial charge is 0.220 e. The fourth-order valence-electron chi connectivity index (χ4n) is 1.43. The SMILES string of the molecule is Nc1cc(NCC2CCC(=O)N2)sn1. The molecule has 1 aromatic rings. The summed E-state index contributed by atoms with van der Waals surface area (Å²) in [6.07, 6.45) is 1.54. The van der Waals surface area contributed by atoms with Gasteiger partial charge in [0.25, 0.3) is 0 Å². The van der Waals surface area contributed by atoms with Gasteiger partial charge in [0, 0.05) is 25.1 Å². The van der Waals surface area contributed by atoms with Crippen LogP contribution in [0, 0.1) is 0 Å². The number of rotatable bonds is 3. The second-order valence-corrected chi connectivity index (χ2v) is 4.11. The first kappa shape index (κ1) is 9.26. The molecule has 0 aromatic carbocycles. The van der Waals surface area contributed by atoms with Crippen LogP contribution in [-0.4, -0.2) is 22.9 Å². The van der Waals surface area contributed by atoms with Crippen molar-refractivity contribution < 1.29 is 4.79 Å². The van der Waals surface area contributed by atoms with Gasteiger partial charge in [-0.3, -0.25) is 4.79 Å². The number of anilines is 2. The van der Waals surface area contributed by atoms with Crippen LogP contribution >= 0.6 is 11.5 Å². The standard InChI is InChI=1S/C8H12N4OS/c9-6-3-8(14-12-6)10-4-5-1-2-7(13)11-5/h3,5,10H,1-2,4H2,(H2,9,12)(H,11,13). The Kier molecular flexibility index (Phi) is 2.53. The zero-order valence-corrected chi connectivity index (χ0v) is 8.43. The Morgan fingerprint density at radius 2 is 2.64 bits per heavy atom. The van der Waals surface area contributed by atoms with Crippen LogP contribution in [0.2, 0.25) is 0 Å². The van der Waals surface area contributed by atoms with Crippen LogP contribution in [0.15, 0.2) is 6.07 Å². The zero-order valence-electron chi connectivity index (χ0n) is 7.62. The molecule has 1 unspecified atom stereocenters. The molecule has 5 nitrogen and oxygen atoms in total. The Morgan fingerprint density at radius 1 is 1.79 bits per heavy atom. The van der Waals surface area contributed by atoms with Crippen molar-refractivity contribution >= 4 is 28.3 Å².